The number of methoxy groups -OCH3 is 1. The van der Waals surface area contributed by atoms with E-state index in [0.717, 1.165) is 36.1 Å². The molecular weight excluding hydrogens is 354 g/mol. The molecule has 2 atom stereocenters. The highest BCUT2D eigenvalue weighted by atomic mass is 16.5. The van der Waals surface area contributed by atoms with E-state index < -0.39 is 12.1 Å². The van der Waals surface area contributed by atoms with Crippen LogP contribution in [-0.2, 0) is 20.7 Å². The summed E-state index contributed by atoms with van der Waals surface area (Å²) in [6, 6.07) is 15.4. The van der Waals surface area contributed by atoms with Gasteiger partial charge in [0.05, 0.1) is 13.2 Å². The number of fused-ring (bicyclic) bond motifs is 1. The third-order valence-corrected chi connectivity index (χ3v) is 4.88. The third-order valence-electron chi connectivity index (χ3n) is 4.88. The van der Waals surface area contributed by atoms with Gasteiger partial charge in [-0.1, -0.05) is 36.4 Å². The van der Waals surface area contributed by atoms with Crippen molar-refractivity contribution in [3.05, 3.63) is 71.3 Å². The average Bonchev–Trinajstić information content (AvgIpc) is 2.73. The summed E-state index contributed by atoms with van der Waals surface area (Å²) < 4.78 is 10.3. The second-order valence-corrected chi connectivity index (χ2v) is 6.84. The number of aryl methyl sites for hydroxylation is 1. The number of amides is 1. The molecule has 3 rings (SSSR count). The highest BCUT2D eigenvalue weighted by Crippen LogP contribution is 2.29. The minimum Gasteiger partial charge on any atom is -0.497 e. The van der Waals surface area contributed by atoms with Gasteiger partial charge in [0.15, 0.2) is 6.10 Å². The monoisotopic (exact) mass is 379 g/mol. The van der Waals surface area contributed by atoms with E-state index in [9.17, 15) is 9.59 Å². The Hall–Kier alpha value is -3.08. The van der Waals surface area contributed by atoms with Crippen LogP contribution in [0.5, 0.6) is 5.75 Å². The molecule has 2 aromatic rings. The highest BCUT2D eigenvalue weighted by molar-refractivity contribution is 5.90. The predicted molar refractivity (Wildman–Crippen MR) is 108 cm³/mol. The van der Waals surface area contributed by atoms with Crippen molar-refractivity contribution in [3.8, 4) is 5.75 Å². The van der Waals surface area contributed by atoms with Gasteiger partial charge in [0, 0.05) is 6.08 Å². The molecule has 0 fully saturated rings. The van der Waals surface area contributed by atoms with Gasteiger partial charge in [-0.15, -0.1) is 0 Å². The number of ether oxygens (including phenoxy) is 2. The van der Waals surface area contributed by atoms with Crippen molar-refractivity contribution in [2.45, 2.75) is 38.3 Å². The topological polar surface area (TPSA) is 64.6 Å². The molecular formula is C23H25NO4. The zero-order chi connectivity index (χ0) is 19.9. The van der Waals surface area contributed by atoms with Gasteiger partial charge in [0.2, 0.25) is 0 Å². The van der Waals surface area contributed by atoms with Crippen LogP contribution in [0.3, 0.4) is 0 Å². The standard InChI is InChI=1S/C23H25NO4/c1-16(28-22(25)15-12-17-10-13-19(27-2)14-11-17)23(26)24-21-9-5-7-18-6-3-4-8-20(18)21/h3-4,6,8,10-16,21H,5,7,9H2,1-2H3,(H,24,26)/b15-12+/t16-,21+/m0/s1. The fraction of sp³-hybridized carbons (Fsp3) is 0.304. The molecule has 0 radical (unpaired) electrons. The van der Waals surface area contributed by atoms with Crippen LogP contribution < -0.4 is 10.1 Å². The lowest BCUT2D eigenvalue weighted by molar-refractivity contribution is -0.150. The van der Waals surface area contributed by atoms with Crippen molar-refractivity contribution in [2.75, 3.05) is 7.11 Å². The normalized spacial score (nSPS) is 16.9. The maximum Gasteiger partial charge on any atom is 0.331 e. The van der Waals surface area contributed by atoms with E-state index in [2.05, 4.69) is 11.4 Å². The first-order valence-corrected chi connectivity index (χ1v) is 9.48. The summed E-state index contributed by atoms with van der Waals surface area (Å²) in [5, 5.41) is 3.01. The molecule has 0 heterocycles. The van der Waals surface area contributed by atoms with Crippen LogP contribution in [0.15, 0.2) is 54.6 Å². The summed E-state index contributed by atoms with van der Waals surface area (Å²) in [4.78, 5) is 24.5. The smallest absolute Gasteiger partial charge is 0.331 e. The predicted octanol–water partition coefficient (Wildman–Crippen LogP) is 3.83. The van der Waals surface area contributed by atoms with Crippen molar-refractivity contribution >= 4 is 18.0 Å². The molecule has 0 saturated heterocycles. The van der Waals surface area contributed by atoms with E-state index in [-0.39, 0.29) is 11.9 Å². The molecule has 1 N–H and O–H groups in total. The van der Waals surface area contributed by atoms with Crippen molar-refractivity contribution in [3.63, 3.8) is 0 Å². The maximum absolute atomic E-state index is 12.5. The first-order chi connectivity index (χ1) is 13.6. The SMILES string of the molecule is COc1ccc(/C=C/C(=O)O[C@@H](C)C(=O)N[C@@H]2CCCc3ccccc32)cc1. The summed E-state index contributed by atoms with van der Waals surface area (Å²) in [5.74, 6) is -0.0929. The number of esters is 1. The van der Waals surface area contributed by atoms with E-state index in [1.165, 1.54) is 11.6 Å². The highest BCUT2D eigenvalue weighted by Gasteiger charge is 2.24. The van der Waals surface area contributed by atoms with E-state index in [0.29, 0.717) is 0 Å². The lowest BCUT2D eigenvalue weighted by Gasteiger charge is -2.27. The summed E-state index contributed by atoms with van der Waals surface area (Å²) in [6.45, 7) is 1.59. The average molecular weight is 379 g/mol. The zero-order valence-electron chi connectivity index (χ0n) is 16.2. The first-order valence-electron chi connectivity index (χ1n) is 9.48. The number of carbonyl (C=O) groups excluding carboxylic acids is 2. The van der Waals surface area contributed by atoms with Crippen LogP contribution in [0.2, 0.25) is 0 Å². The molecule has 0 bridgehead atoms. The van der Waals surface area contributed by atoms with Gasteiger partial charge < -0.3 is 14.8 Å². The molecule has 1 amide bonds. The molecule has 0 aliphatic heterocycles. The summed E-state index contributed by atoms with van der Waals surface area (Å²) in [6.07, 6.45) is 5.05. The van der Waals surface area contributed by atoms with Crippen molar-refractivity contribution < 1.29 is 19.1 Å². The number of hydrogen-bond donors (Lipinski definition) is 1. The number of rotatable bonds is 6. The molecule has 1 aliphatic carbocycles. The number of carbonyl (C=O) groups is 2. The molecule has 0 saturated carbocycles. The van der Waals surface area contributed by atoms with Gasteiger partial charge in [-0.2, -0.15) is 0 Å². The lowest BCUT2D eigenvalue weighted by atomic mass is 9.87. The van der Waals surface area contributed by atoms with Crippen molar-refractivity contribution in [1.29, 1.82) is 0 Å². The van der Waals surface area contributed by atoms with Crippen LogP contribution in [-0.4, -0.2) is 25.1 Å². The molecule has 1 aliphatic rings. The van der Waals surface area contributed by atoms with Crippen LogP contribution in [0.4, 0.5) is 0 Å². The number of hydrogen-bond acceptors (Lipinski definition) is 4. The minimum absolute atomic E-state index is 0.0338. The van der Waals surface area contributed by atoms with Gasteiger partial charge in [-0.3, -0.25) is 4.79 Å². The zero-order valence-corrected chi connectivity index (χ0v) is 16.2. The molecule has 0 unspecified atom stereocenters. The van der Waals surface area contributed by atoms with E-state index in [1.807, 2.05) is 42.5 Å². The third kappa shape index (κ3) is 5.00. The van der Waals surface area contributed by atoms with Gasteiger partial charge in [0.1, 0.15) is 5.75 Å². The van der Waals surface area contributed by atoms with Crippen LogP contribution in [0.1, 0.15) is 42.5 Å². The molecule has 0 aromatic heterocycles. The van der Waals surface area contributed by atoms with E-state index in [1.54, 1.807) is 20.1 Å². The Morgan fingerprint density at radius 3 is 2.64 bits per heavy atom. The molecule has 2 aromatic carbocycles. The van der Waals surface area contributed by atoms with Crippen LogP contribution in [0, 0.1) is 0 Å². The van der Waals surface area contributed by atoms with Gasteiger partial charge in [-0.25, -0.2) is 4.79 Å². The Labute approximate surface area is 165 Å². The fourth-order valence-corrected chi connectivity index (χ4v) is 3.34. The van der Waals surface area contributed by atoms with E-state index in [4.69, 9.17) is 9.47 Å². The summed E-state index contributed by atoms with van der Waals surface area (Å²) in [5.41, 5.74) is 3.26. The maximum atomic E-state index is 12.5. The van der Waals surface area contributed by atoms with Crippen LogP contribution in [0.25, 0.3) is 6.08 Å². The minimum atomic E-state index is -0.859. The van der Waals surface area contributed by atoms with Crippen LogP contribution >= 0.6 is 0 Å². The largest absolute Gasteiger partial charge is 0.497 e. The number of nitrogens with one attached hydrogen (secondary N) is 1. The van der Waals surface area contributed by atoms with Gasteiger partial charge >= 0.3 is 5.97 Å². The molecule has 5 nitrogen and oxygen atoms in total. The van der Waals surface area contributed by atoms with Crippen molar-refractivity contribution in [2.24, 2.45) is 0 Å². The van der Waals surface area contributed by atoms with Crippen molar-refractivity contribution in [1.82, 2.24) is 5.32 Å². The van der Waals surface area contributed by atoms with E-state index >= 15 is 0 Å². The Bertz CT molecular complexity index is 857. The van der Waals surface area contributed by atoms with Gasteiger partial charge in [-0.05, 0) is 61.1 Å². The Kier molecular flexibility index (Phi) is 6.48. The second kappa shape index (κ2) is 9.22. The lowest BCUT2D eigenvalue weighted by Crippen LogP contribution is -2.39. The summed E-state index contributed by atoms with van der Waals surface area (Å²) >= 11 is 0. The summed E-state index contributed by atoms with van der Waals surface area (Å²) in [7, 11) is 1.60. The Morgan fingerprint density at radius 2 is 1.89 bits per heavy atom. The quantitative estimate of drug-likeness (QED) is 0.612. The Morgan fingerprint density at radius 1 is 1.14 bits per heavy atom. The molecule has 0 spiro atoms. The molecule has 28 heavy (non-hydrogen) atoms. The number of benzene rings is 2. The Balaban J connectivity index is 1.54. The first kappa shape index (κ1) is 19.7. The fourth-order valence-electron chi connectivity index (χ4n) is 3.34. The molecule has 146 valence electrons. The van der Waals surface area contributed by atoms with Gasteiger partial charge in [0.25, 0.3) is 5.91 Å². The second-order valence-electron chi connectivity index (χ2n) is 6.84. The molecule has 5 heteroatoms.